The summed E-state index contributed by atoms with van der Waals surface area (Å²) in [5.74, 6) is -0.144. The highest BCUT2D eigenvalue weighted by Crippen LogP contribution is 2.52. The van der Waals surface area contributed by atoms with Crippen LogP contribution in [0.5, 0.6) is 0 Å². The summed E-state index contributed by atoms with van der Waals surface area (Å²) >= 11 is 0. The number of likely N-dealkylation sites (tertiary alicyclic amines) is 1. The molecule has 0 radical (unpaired) electrons. The molecule has 1 spiro atoms. The third kappa shape index (κ3) is 3.35. The van der Waals surface area contributed by atoms with Crippen molar-refractivity contribution < 1.29 is 13.9 Å². The van der Waals surface area contributed by atoms with Gasteiger partial charge in [-0.3, -0.25) is 0 Å². The maximum absolute atomic E-state index is 13.8. The molecule has 2 aliphatic rings. The average molecular weight is 319 g/mol. The monoisotopic (exact) mass is 319 g/mol. The third-order valence-corrected chi connectivity index (χ3v) is 5.35. The molecule has 1 unspecified atom stereocenters. The molecule has 1 fully saturated rings. The first kappa shape index (κ1) is 16.6. The SMILES string of the molecule is C=CCOC1CC2(CCN(CCOC)CC2)c2cc(F)ccc21. The van der Waals surface area contributed by atoms with Crippen molar-refractivity contribution in [3.05, 3.63) is 47.8 Å². The molecule has 0 N–H and O–H groups in total. The Balaban J connectivity index is 1.78. The van der Waals surface area contributed by atoms with Crippen molar-refractivity contribution in [3.8, 4) is 0 Å². The zero-order chi connectivity index (χ0) is 16.3. The lowest BCUT2D eigenvalue weighted by atomic mass is 9.73. The Morgan fingerprint density at radius 2 is 2.17 bits per heavy atom. The summed E-state index contributed by atoms with van der Waals surface area (Å²) in [7, 11) is 1.74. The van der Waals surface area contributed by atoms with E-state index in [2.05, 4.69) is 11.5 Å². The first-order chi connectivity index (χ1) is 11.2. The quantitative estimate of drug-likeness (QED) is 0.750. The number of hydrogen-bond donors (Lipinski definition) is 0. The first-order valence-electron chi connectivity index (χ1n) is 8.42. The van der Waals surface area contributed by atoms with Crippen LogP contribution in [0.15, 0.2) is 30.9 Å². The molecule has 1 aromatic rings. The number of hydrogen-bond acceptors (Lipinski definition) is 3. The minimum absolute atomic E-state index is 0.0623. The van der Waals surface area contributed by atoms with Gasteiger partial charge in [-0.15, -0.1) is 6.58 Å². The molecule has 3 rings (SSSR count). The second-order valence-corrected chi connectivity index (χ2v) is 6.66. The Morgan fingerprint density at radius 3 is 2.87 bits per heavy atom. The Kier molecular flexibility index (Phi) is 5.14. The maximum Gasteiger partial charge on any atom is 0.123 e. The van der Waals surface area contributed by atoms with Crippen molar-refractivity contribution in [2.45, 2.75) is 30.8 Å². The summed E-state index contributed by atoms with van der Waals surface area (Å²) in [5.41, 5.74) is 2.39. The van der Waals surface area contributed by atoms with E-state index in [1.165, 1.54) is 5.56 Å². The molecular weight excluding hydrogens is 293 g/mol. The van der Waals surface area contributed by atoms with Gasteiger partial charge in [0.15, 0.2) is 0 Å². The van der Waals surface area contributed by atoms with E-state index in [1.807, 2.05) is 6.07 Å². The van der Waals surface area contributed by atoms with E-state index in [4.69, 9.17) is 9.47 Å². The van der Waals surface area contributed by atoms with Crippen molar-refractivity contribution in [1.29, 1.82) is 0 Å². The minimum atomic E-state index is -0.144. The highest BCUT2D eigenvalue weighted by atomic mass is 19.1. The van der Waals surface area contributed by atoms with Crippen molar-refractivity contribution >= 4 is 0 Å². The molecule has 0 saturated carbocycles. The number of piperidine rings is 1. The van der Waals surface area contributed by atoms with E-state index < -0.39 is 0 Å². The number of ether oxygens (including phenoxy) is 2. The van der Waals surface area contributed by atoms with Crippen LogP contribution in [0.4, 0.5) is 4.39 Å². The Morgan fingerprint density at radius 1 is 1.39 bits per heavy atom. The average Bonchev–Trinajstić information content (AvgIpc) is 2.86. The fraction of sp³-hybridized carbons (Fsp3) is 0.579. The van der Waals surface area contributed by atoms with Crippen LogP contribution in [0.3, 0.4) is 0 Å². The van der Waals surface area contributed by atoms with Crippen molar-refractivity contribution in [1.82, 2.24) is 4.90 Å². The van der Waals surface area contributed by atoms with Crippen LogP contribution in [-0.2, 0) is 14.9 Å². The second-order valence-electron chi connectivity index (χ2n) is 6.66. The summed E-state index contributed by atoms with van der Waals surface area (Å²) < 4.78 is 25.0. The molecule has 1 aliphatic heterocycles. The Hall–Kier alpha value is -1.23. The number of fused-ring (bicyclic) bond motifs is 2. The van der Waals surface area contributed by atoms with Gasteiger partial charge in [0.25, 0.3) is 0 Å². The van der Waals surface area contributed by atoms with E-state index in [9.17, 15) is 4.39 Å². The van der Waals surface area contributed by atoms with Crippen molar-refractivity contribution in [2.75, 3.05) is 40.0 Å². The van der Waals surface area contributed by atoms with Gasteiger partial charge in [0.2, 0.25) is 0 Å². The van der Waals surface area contributed by atoms with E-state index in [0.29, 0.717) is 6.61 Å². The van der Waals surface area contributed by atoms with Crippen LogP contribution in [0.1, 0.15) is 36.5 Å². The molecule has 0 bridgehead atoms. The van der Waals surface area contributed by atoms with Crippen LogP contribution in [0, 0.1) is 5.82 Å². The van der Waals surface area contributed by atoms with E-state index in [1.54, 1.807) is 25.3 Å². The van der Waals surface area contributed by atoms with Gasteiger partial charge in [0.1, 0.15) is 5.82 Å². The molecular formula is C19H26FNO2. The highest BCUT2D eigenvalue weighted by molar-refractivity contribution is 5.42. The molecule has 0 aromatic heterocycles. The van der Waals surface area contributed by atoms with Gasteiger partial charge in [-0.05, 0) is 55.6 Å². The van der Waals surface area contributed by atoms with E-state index >= 15 is 0 Å². The van der Waals surface area contributed by atoms with Gasteiger partial charge >= 0.3 is 0 Å². The predicted octanol–water partition coefficient (Wildman–Crippen LogP) is 3.45. The lowest BCUT2D eigenvalue weighted by Gasteiger charge is -2.40. The fourth-order valence-corrected chi connectivity index (χ4v) is 4.07. The summed E-state index contributed by atoms with van der Waals surface area (Å²) in [6, 6.07) is 5.19. The third-order valence-electron chi connectivity index (χ3n) is 5.35. The lowest BCUT2D eigenvalue weighted by Crippen LogP contribution is -2.42. The predicted molar refractivity (Wildman–Crippen MR) is 89.1 cm³/mol. The van der Waals surface area contributed by atoms with Crippen LogP contribution in [0.25, 0.3) is 0 Å². The van der Waals surface area contributed by atoms with Crippen LogP contribution in [0.2, 0.25) is 0 Å². The molecule has 1 saturated heterocycles. The normalized spacial score (nSPS) is 23.1. The zero-order valence-electron chi connectivity index (χ0n) is 13.9. The number of halogens is 1. The maximum atomic E-state index is 13.8. The van der Waals surface area contributed by atoms with Gasteiger partial charge in [0, 0.05) is 19.1 Å². The zero-order valence-corrected chi connectivity index (χ0v) is 13.9. The number of methoxy groups -OCH3 is 1. The first-order valence-corrected chi connectivity index (χ1v) is 8.42. The fourth-order valence-electron chi connectivity index (χ4n) is 4.07. The molecule has 126 valence electrons. The Labute approximate surface area is 138 Å². The second kappa shape index (κ2) is 7.12. The summed E-state index contributed by atoms with van der Waals surface area (Å²) in [6.07, 6.45) is 4.91. The van der Waals surface area contributed by atoms with Crippen molar-refractivity contribution in [3.63, 3.8) is 0 Å². The van der Waals surface area contributed by atoms with Crippen molar-refractivity contribution in [2.24, 2.45) is 0 Å². The van der Waals surface area contributed by atoms with Gasteiger partial charge in [-0.25, -0.2) is 4.39 Å². The lowest BCUT2D eigenvalue weighted by molar-refractivity contribution is 0.0458. The van der Waals surface area contributed by atoms with Crippen LogP contribution in [-0.4, -0.2) is 44.9 Å². The van der Waals surface area contributed by atoms with Gasteiger partial charge in [-0.2, -0.15) is 0 Å². The number of nitrogens with zero attached hydrogens (tertiary/aromatic N) is 1. The molecule has 1 atom stereocenters. The summed E-state index contributed by atoms with van der Waals surface area (Å²) in [6.45, 7) is 8.08. The topological polar surface area (TPSA) is 21.7 Å². The summed E-state index contributed by atoms with van der Waals surface area (Å²) in [4.78, 5) is 2.44. The molecule has 1 heterocycles. The molecule has 4 heteroatoms. The van der Waals surface area contributed by atoms with E-state index in [-0.39, 0.29) is 17.3 Å². The molecule has 0 amide bonds. The van der Waals surface area contributed by atoms with Crippen LogP contribution < -0.4 is 0 Å². The van der Waals surface area contributed by atoms with Crippen LogP contribution >= 0.6 is 0 Å². The molecule has 3 nitrogen and oxygen atoms in total. The standard InChI is InChI=1S/C19H26FNO2/c1-3-11-23-18-14-19(17-13-15(20)4-5-16(17)18)6-8-21(9-7-19)10-12-22-2/h3-5,13,18H,1,6-12,14H2,2H3. The van der Waals surface area contributed by atoms with E-state index in [0.717, 1.165) is 51.1 Å². The smallest absolute Gasteiger partial charge is 0.123 e. The van der Waals surface area contributed by atoms with Gasteiger partial charge in [-0.1, -0.05) is 12.1 Å². The summed E-state index contributed by atoms with van der Waals surface area (Å²) in [5, 5.41) is 0. The Bertz CT molecular complexity index is 552. The minimum Gasteiger partial charge on any atom is -0.383 e. The molecule has 1 aromatic carbocycles. The number of benzene rings is 1. The van der Waals surface area contributed by atoms with Gasteiger partial charge in [0.05, 0.1) is 19.3 Å². The molecule has 23 heavy (non-hydrogen) atoms. The molecule has 1 aliphatic carbocycles. The van der Waals surface area contributed by atoms with Gasteiger partial charge < -0.3 is 14.4 Å². The largest absolute Gasteiger partial charge is 0.383 e. The number of rotatable bonds is 6. The highest BCUT2D eigenvalue weighted by Gasteiger charge is 2.45.